The molecule has 0 unspecified atom stereocenters. The van der Waals surface area contributed by atoms with Crippen molar-refractivity contribution in [1.29, 1.82) is 5.26 Å². The number of hydrogen-bond donors (Lipinski definition) is 1. The summed E-state index contributed by atoms with van der Waals surface area (Å²) in [5, 5.41) is 13.0. The zero-order chi connectivity index (χ0) is 28.3. The molecular weight excluding hydrogens is 510 g/mol. The molecule has 3 fully saturated rings. The van der Waals surface area contributed by atoms with Gasteiger partial charge in [0.1, 0.15) is 34.8 Å². The summed E-state index contributed by atoms with van der Waals surface area (Å²) in [7, 11) is 0. The molecular formula is C28H32F2N4O5. The second-order valence-electron chi connectivity index (χ2n) is 11.6. The summed E-state index contributed by atoms with van der Waals surface area (Å²) in [5.74, 6) is -1.66. The first-order valence-corrected chi connectivity index (χ1v) is 13.3. The minimum Gasteiger partial charge on any atom is -0.462 e. The molecule has 3 aliphatic rings. The van der Waals surface area contributed by atoms with E-state index in [4.69, 9.17) is 9.47 Å². The number of carbonyl (C=O) groups is 2. The van der Waals surface area contributed by atoms with Gasteiger partial charge in [-0.1, -0.05) is 0 Å². The number of amides is 1. The largest absolute Gasteiger partial charge is 0.462 e. The second kappa shape index (κ2) is 9.50. The first-order valence-electron chi connectivity index (χ1n) is 13.3. The average molecular weight is 543 g/mol. The summed E-state index contributed by atoms with van der Waals surface area (Å²) >= 11 is 0. The molecule has 208 valence electrons. The molecule has 1 aliphatic heterocycles. The Labute approximate surface area is 224 Å². The molecule has 1 amide bonds. The van der Waals surface area contributed by atoms with Gasteiger partial charge in [-0.05, 0) is 53.0 Å². The third-order valence-electron chi connectivity index (χ3n) is 7.71. The van der Waals surface area contributed by atoms with E-state index < -0.39 is 46.7 Å². The lowest BCUT2D eigenvalue weighted by molar-refractivity contribution is 0.0475. The van der Waals surface area contributed by atoms with Crippen LogP contribution in [-0.2, 0) is 9.47 Å². The molecule has 1 saturated heterocycles. The van der Waals surface area contributed by atoms with E-state index in [9.17, 15) is 24.0 Å². The number of carbonyl (C=O) groups excluding carboxylic acids is 2. The molecule has 2 heterocycles. The molecule has 2 aromatic rings. The van der Waals surface area contributed by atoms with Crippen LogP contribution in [0.4, 0.5) is 19.3 Å². The van der Waals surface area contributed by atoms with Crippen molar-refractivity contribution >= 4 is 28.7 Å². The van der Waals surface area contributed by atoms with E-state index >= 15 is 4.39 Å². The van der Waals surface area contributed by atoms with E-state index in [-0.39, 0.29) is 46.7 Å². The highest BCUT2D eigenvalue weighted by molar-refractivity contribution is 5.97. The van der Waals surface area contributed by atoms with Crippen LogP contribution < -0.4 is 15.6 Å². The van der Waals surface area contributed by atoms with E-state index in [1.54, 1.807) is 32.6 Å². The summed E-state index contributed by atoms with van der Waals surface area (Å²) in [6.45, 7) is 7.80. The van der Waals surface area contributed by atoms with Gasteiger partial charge in [-0.15, -0.1) is 0 Å². The number of ether oxygens (including phenoxy) is 2. The van der Waals surface area contributed by atoms with Crippen molar-refractivity contribution in [2.75, 3.05) is 24.6 Å². The predicted octanol–water partition coefficient (Wildman–Crippen LogP) is 4.36. The maximum atomic E-state index is 15.7. The number of benzene rings is 1. The van der Waals surface area contributed by atoms with Crippen LogP contribution in [-0.4, -0.2) is 53.6 Å². The monoisotopic (exact) mass is 542 g/mol. The van der Waals surface area contributed by atoms with Gasteiger partial charge in [0.05, 0.1) is 29.2 Å². The molecule has 0 spiro atoms. The third-order valence-corrected chi connectivity index (χ3v) is 7.71. The maximum Gasteiger partial charge on any atom is 0.408 e. The van der Waals surface area contributed by atoms with Crippen LogP contribution >= 0.6 is 0 Å². The molecule has 2 aliphatic carbocycles. The van der Waals surface area contributed by atoms with Crippen LogP contribution in [0.3, 0.4) is 0 Å². The molecule has 1 aromatic carbocycles. The number of halogens is 2. The van der Waals surface area contributed by atoms with Crippen LogP contribution in [0.2, 0.25) is 0 Å². The van der Waals surface area contributed by atoms with Gasteiger partial charge in [0.15, 0.2) is 0 Å². The number of hydrogen-bond acceptors (Lipinski definition) is 7. The lowest BCUT2D eigenvalue weighted by Crippen LogP contribution is -2.45. The fourth-order valence-electron chi connectivity index (χ4n) is 5.64. The highest BCUT2D eigenvalue weighted by Gasteiger charge is 2.53. The second-order valence-corrected chi connectivity index (χ2v) is 11.6. The number of rotatable bonds is 6. The van der Waals surface area contributed by atoms with E-state index in [1.807, 2.05) is 0 Å². The van der Waals surface area contributed by atoms with Crippen molar-refractivity contribution in [2.45, 2.75) is 76.7 Å². The minimum absolute atomic E-state index is 0.00121. The number of nitriles is 1. The van der Waals surface area contributed by atoms with Gasteiger partial charge in [-0.3, -0.25) is 4.79 Å². The van der Waals surface area contributed by atoms with Crippen molar-refractivity contribution in [3.8, 4) is 6.07 Å². The van der Waals surface area contributed by atoms with E-state index in [2.05, 4.69) is 11.4 Å². The molecule has 0 bridgehead atoms. The van der Waals surface area contributed by atoms with Crippen molar-refractivity contribution < 1.29 is 27.8 Å². The van der Waals surface area contributed by atoms with Crippen molar-refractivity contribution in [3.63, 3.8) is 0 Å². The minimum atomic E-state index is -1.21. The molecule has 2 saturated carbocycles. The number of alkyl halides is 1. The average Bonchev–Trinajstić information content (AvgIpc) is 3.73. The smallest absolute Gasteiger partial charge is 0.408 e. The number of anilines is 1. The van der Waals surface area contributed by atoms with Crippen LogP contribution in [0.1, 0.15) is 75.3 Å². The highest BCUT2D eigenvalue weighted by atomic mass is 19.1. The summed E-state index contributed by atoms with van der Waals surface area (Å²) < 4.78 is 41.8. The van der Waals surface area contributed by atoms with E-state index in [0.29, 0.717) is 19.5 Å². The Bertz CT molecular complexity index is 1450. The maximum absolute atomic E-state index is 15.7. The predicted molar refractivity (Wildman–Crippen MR) is 139 cm³/mol. The lowest BCUT2D eigenvalue weighted by atomic mass is 9.96. The van der Waals surface area contributed by atoms with E-state index in [0.717, 1.165) is 18.9 Å². The van der Waals surface area contributed by atoms with Crippen LogP contribution in [0.5, 0.6) is 0 Å². The summed E-state index contributed by atoms with van der Waals surface area (Å²) in [5.41, 5.74) is -2.13. The highest BCUT2D eigenvalue weighted by Crippen LogP contribution is 2.48. The number of aromatic nitrogens is 1. The van der Waals surface area contributed by atoms with Crippen LogP contribution in [0.25, 0.3) is 10.9 Å². The van der Waals surface area contributed by atoms with Crippen molar-refractivity contribution in [1.82, 2.24) is 9.88 Å². The van der Waals surface area contributed by atoms with Gasteiger partial charge in [0.25, 0.3) is 0 Å². The molecule has 5 rings (SSSR count). The fraction of sp³-hybridized carbons (Fsp3) is 0.571. The van der Waals surface area contributed by atoms with Gasteiger partial charge in [0, 0.05) is 37.2 Å². The van der Waals surface area contributed by atoms with Crippen LogP contribution in [0, 0.1) is 23.1 Å². The Hall–Kier alpha value is -3.68. The molecule has 39 heavy (non-hydrogen) atoms. The number of nitrogens with one attached hydrogen (secondary N) is 1. The Morgan fingerprint density at radius 2 is 2.00 bits per heavy atom. The van der Waals surface area contributed by atoms with Crippen molar-refractivity contribution in [2.24, 2.45) is 5.92 Å². The molecule has 9 nitrogen and oxygen atoms in total. The molecule has 11 heteroatoms. The summed E-state index contributed by atoms with van der Waals surface area (Å²) in [6, 6.07) is 2.41. The molecule has 1 aromatic heterocycles. The Balaban J connectivity index is 1.52. The summed E-state index contributed by atoms with van der Waals surface area (Å²) in [4.78, 5) is 39.9. The topological polar surface area (TPSA) is 114 Å². The number of alkyl carbamates (subject to hydrolysis) is 1. The van der Waals surface area contributed by atoms with Gasteiger partial charge in [-0.2, -0.15) is 5.26 Å². The van der Waals surface area contributed by atoms with Gasteiger partial charge >= 0.3 is 12.1 Å². The van der Waals surface area contributed by atoms with Crippen molar-refractivity contribution in [3.05, 3.63) is 39.4 Å². The first kappa shape index (κ1) is 26.9. The van der Waals surface area contributed by atoms with Gasteiger partial charge in [0.2, 0.25) is 5.43 Å². The molecule has 0 radical (unpaired) electrons. The Morgan fingerprint density at radius 1 is 1.31 bits per heavy atom. The molecule has 1 N–H and O–H groups in total. The van der Waals surface area contributed by atoms with Gasteiger partial charge < -0.3 is 24.3 Å². The van der Waals surface area contributed by atoms with Crippen LogP contribution in [0.15, 0.2) is 17.1 Å². The molecule has 3 atom stereocenters. The Morgan fingerprint density at radius 3 is 2.56 bits per heavy atom. The zero-order valence-electron chi connectivity index (χ0n) is 22.5. The summed E-state index contributed by atoms with van der Waals surface area (Å²) in [6.07, 6.45) is 1.86. The zero-order valence-corrected chi connectivity index (χ0v) is 22.5. The number of fused-ring (bicyclic) bond motifs is 1. The third kappa shape index (κ3) is 4.92. The quantitative estimate of drug-likeness (QED) is 0.540. The fourth-order valence-corrected chi connectivity index (χ4v) is 5.64. The normalized spacial score (nSPS) is 23.3. The first-order chi connectivity index (χ1) is 18.4. The number of nitrogens with zero attached hydrogens (tertiary/aromatic N) is 3. The van der Waals surface area contributed by atoms with Gasteiger partial charge in [-0.25, -0.2) is 18.4 Å². The SMILES string of the molecule is CCOC(=O)c1cn([C@@H]2C[C@@H]2F)c2c(C#N)c(N3CC[C@@H](C4(NC(=O)OC(C)(C)C)CC4)C3)c(F)cc2c1=O. The standard InChI is InChI=1S/C28H32F2N4O5/c1-5-38-25(36)18-14-34(21-11-19(21)29)22-16(24(18)35)10-20(30)23(17(22)12-31)33-9-6-15(13-33)28(7-8-28)32-26(37)39-27(2,3)4/h10,14-15,19,21H,5-9,11,13H2,1-4H3,(H,32,37)/t15-,19+,21-/m1/s1. The number of pyridine rings is 1. The lowest BCUT2D eigenvalue weighted by Gasteiger charge is -2.28. The van der Waals surface area contributed by atoms with E-state index in [1.165, 1.54) is 10.8 Å². The number of esters is 1. The Kier molecular flexibility index (Phi) is 6.56.